The molecule has 2 aromatic rings. The summed E-state index contributed by atoms with van der Waals surface area (Å²) in [5, 5.41) is 10.4. The number of nitrogens with zero attached hydrogens (tertiary/aromatic N) is 2. The van der Waals surface area contributed by atoms with E-state index in [1.807, 2.05) is 19.9 Å². The lowest BCUT2D eigenvalue weighted by Gasteiger charge is -2.18. The number of rotatable bonds is 4. The minimum atomic E-state index is -1.00. The van der Waals surface area contributed by atoms with Gasteiger partial charge in [0, 0.05) is 23.7 Å². The largest absolute Gasteiger partial charge is 0.478 e. The average molecular weight is 298 g/mol. The highest BCUT2D eigenvalue weighted by Gasteiger charge is 2.10. The maximum absolute atomic E-state index is 11.1. The van der Waals surface area contributed by atoms with Crippen molar-refractivity contribution in [1.29, 1.82) is 0 Å². The summed E-state index contributed by atoms with van der Waals surface area (Å²) in [6.45, 7) is 3.70. The van der Waals surface area contributed by atoms with E-state index in [0.29, 0.717) is 11.4 Å². The SMILES string of the molecule is Cc1ccc(C(=O)O)cc1N(N)/C=C(\N)c1cccnc1C. The first-order valence-electron chi connectivity index (χ1n) is 6.67. The maximum atomic E-state index is 11.1. The molecule has 0 aliphatic heterocycles. The molecule has 1 aromatic carbocycles. The number of carbonyl (C=O) groups is 1. The predicted octanol–water partition coefficient (Wildman–Crippen LogP) is 2.03. The molecular formula is C16H18N4O2. The molecule has 0 aliphatic carbocycles. The van der Waals surface area contributed by atoms with Gasteiger partial charge in [-0.25, -0.2) is 10.6 Å². The van der Waals surface area contributed by atoms with E-state index in [-0.39, 0.29) is 5.56 Å². The van der Waals surface area contributed by atoms with Crippen LogP contribution in [0.3, 0.4) is 0 Å². The van der Waals surface area contributed by atoms with Crippen molar-refractivity contribution in [2.24, 2.45) is 11.6 Å². The third-order valence-corrected chi connectivity index (χ3v) is 3.33. The number of aryl methyl sites for hydroxylation is 2. The van der Waals surface area contributed by atoms with Gasteiger partial charge in [0.25, 0.3) is 0 Å². The Hall–Kier alpha value is -2.86. The number of anilines is 1. The number of aromatic carboxylic acids is 1. The first kappa shape index (κ1) is 15.5. The Balaban J connectivity index is 2.38. The zero-order valence-corrected chi connectivity index (χ0v) is 12.4. The fraction of sp³-hybridized carbons (Fsp3) is 0.125. The Morgan fingerprint density at radius 2 is 2.05 bits per heavy atom. The summed E-state index contributed by atoms with van der Waals surface area (Å²) < 4.78 is 0. The molecule has 5 N–H and O–H groups in total. The molecule has 0 radical (unpaired) electrons. The molecule has 2 rings (SSSR count). The third kappa shape index (κ3) is 3.24. The number of carboxylic acids is 1. The molecule has 0 atom stereocenters. The van der Waals surface area contributed by atoms with E-state index >= 15 is 0 Å². The van der Waals surface area contributed by atoms with Crippen molar-refractivity contribution >= 4 is 17.4 Å². The number of carboxylic acid groups (broad SMARTS) is 1. The number of hydrogen-bond donors (Lipinski definition) is 3. The van der Waals surface area contributed by atoms with Crippen molar-refractivity contribution in [1.82, 2.24) is 4.98 Å². The Morgan fingerprint density at radius 3 is 2.68 bits per heavy atom. The van der Waals surface area contributed by atoms with Gasteiger partial charge < -0.3 is 10.8 Å². The number of aromatic nitrogens is 1. The first-order chi connectivity index (χ1) is 10.4. The van der Waals surface area contributed by atoms with Gasteiger partial charge in [-0.3, -0.25) is 9.99 Å². The van der Waals surface area contributed by atoms with E-state index in [9.17, 15) is 4.79 Å². The molecule has 0 unspecified atom stereocenters. The Morgan fingerprint density at radius 1 is 1.32 bits per heavy atom. The molecule has 0 saturated heterocycles. The molecule has 114 valence electrons. The summed E-state index contributed by atoms with van der Waals surface area (Å²) in [6.07, 6.45) is 3.24. The van der Waals surface area contributed by atoms with Crippen LogP contribution < -0.4 is 16.6 Å². The zero-order valence-electron chi connectivity index (χ0n) is 12.4. The van der Waals surface area contributed by atoms with Gasteiger partial charge in [0.1, 0.15) is 0 Å². The van der Waals surface area contributed by atoms with Crippen LogP contribution in [0.1, 0.15) is 27.2 Å². The van der Waals surface area contributed by atoms with Crippen LogP contribution in [0.2, 0.25) is 0 Å². The Kier molecular flexibility index (Phi) is 4.43. The van der Waals surface area contributed by atoms with E-state index < -0.39 is 5.97 Å². The molecule has 6 nitrogen and oxygen atoms in total. The van der Waals surface area contributed by atoms with E-state index in [1.54, 1.807) is 24.5 Å². The van der Waals surface area contributed by atoms with Crippen LogP contribution in [-0.2, 0) is 0 Å². The number of hydrogen-bond acceptors (Lipinski definition) is 5. The lowest BCUT2D eigenvalue weighted by atomic mass is 10.1. The second kappa shape index (κ2) is 6.28. The molecule has 0 spiro atoms. The topological polar surface area (TPSA) is 105 Å². The van der Waals surface area contributed by atoms with Gasteiger partial charge in [-0.15, -0.1) is 0 Å². The summed E-state index contributed by atoms with van der Waals surface area (Å²) in [7, 11) is 0. The van der Waals surface area contributed by atoms with Gasteiger partial charge in [0.05, 0.1) is 16.9 Å². The number of pyridine rings is 1. The highest BCUT2D eigenvalue weighted by molar-refractivity contribution is 5.89. The smallest absolute Gasteiger partial charge is 0.335 e. The van der Waals surface area contributed by atoms with Crippen LogP contribution in [0.5, 0.6) is 0 Å². The van der Waals surface area contributed by atoms with Crippen LogP contribution >= 0.6 is 0 Å². The molecule has 0 aliphatic rings. The number of benzene rings is 1. The van der Waals surface area contributed by atoms with Gasteiger partial charge in [-0.1, -0.05) is 6.07 Å². The molecule has 0 saturated carbocycles. The standard InChI is InChI=1S/C16H18N4O2/c1-10-5-6-12(16(21)22)8-15(10)20(18)9-14(17)13-4-3-7-19-11(13)2/h3-9H,17-18H2,1-2H3,(H,21,22)/b14-9-. The second-order valence-corrected chi connectivity index (χ2v) is 4.93. The van der Waals surface area contributed by atoms with Crippen molar-refractivity contribution in [2.45, 2.75) is 13.8 Å². The molecule has 22 heavy (non-hydrogen) atoms. The minimum absolute atomic E-state index is 0.167. The van der Waals surface area contributed by atoms with Crippen LogP contribution in [0.4, 0.5) is 5.69 Å². The van der Waals surface area contributed by atoms with Crippen molar-refractivity contribution < 1.29 is 9.90 Å². The lowest BCUT2D eigenvalue weighted by molar-refractivity contribution is 0.0697. The van der Waals surface area contributed by atoms with Crippen LogP contribution in [0.25, 0.3) is 5.70 Å². The summed E-state index contributed by atoms with van der Waals surface area (Å²) in [4.78, 5) is 15.2. The van der Waals surface area contributed by atoms with Crippen molar-refractivity contribution in [3.8, 4) is 0 Å². The predicted molar refractivity (Wildman–Crippen MR) is 85.9 cm³/mol. The molecular weight excluding hydrogens is 280 g/mol. The van der Waals surface area contributed by atoms with Gasteiger partial charge in [0.2, 0.25) is 0 Å². The van der Waals surface area contributed by atoms with E-state index in [4.69, 9.17) is 16.7 Å². The summed E-state index contributed by atoms with van der Waals surface area (Å²) >= 11 is 0. The summed E-state index contributed by atoms with van der Waals surface area (Å²) in [5.74, 6) is 5.01. The van der Waals surface area contributed by atoms with Crippen molar-refractivity contribution in [3.05, 3.63) is 65.1 Å². The Bertz CT molecular complexity index is 741. The highest BCUT2D eigenvalue weighted by Crippen LogP contribution is 2.21. The molecule has 0 amide bonds. The van der Waals surface area contributed by atoms with E-state index in [1.165, 1.54) is 17.1 Å². The van der Waals surface area contributed by atoms with Gasteiger partial charge in [-0.05, 0) is 43.7 Å². The molecule has 0 fully saturated rings. The van der Waals surface area contributed by atoms with Gasteiger partial charge in [0.15, 0.2) is 0 Å². The summed E-state index contributed by atoms with van der Waals surface area (Å²) in [5.41, 5.74) is 9.68. The molecule has 0 bridgehead atoms. The van der Waals surface area contributed by atoms with Gasteiger partial charge >= 0.3 is 5.97 Å². The van der Waals surface area contributed by atoms with Crippen molar-refractivity contribution in [2.75, 3.05) is 5.01 Å². The first-order valence-corrected chi connectivity index (χ1v) is 6.67. The highest BCUT2D eigenvalue weighted by atomic mass is 16.4. The molecule has 1 aromatic heterocycles. The zero-order chi connectivity index (χ0) is 16.3. The number of hydrazine groups is 1. The van der Waals surface area contributed by atoms with Crippen LogP contribution in [0, 0.1) is 13.8 Å². The van der Waals surface area contributed by atoms with E-state index in [2.05, 4.69) is 4.98 Å². The molecule has 1 heterocycles. The third-order valence-electron chi connectivity index (χ3n) is 3.33. The quantitative estimate of drug-likeness (QED) is 0.589. The van der Waals surface area contributed by atoms with Gasteiger partial charge in [-0.2, -0.15) is 0 Å². The maximum Gasteiger partial charge on any atom is 0.335 e. The lowest BCUT2D eigenvalue weighted by Crippen LogP contribution is -2.27. The average Bonchev–Trinajstić information content (AvgIpc) is 2.47. The fourth-order valence-electron chi connectivity index (χ4n) is 2.10. The van der Waals surface area contributed by atoms with Crippen molar-refractivity contribution in [3.63, 3.8) is 0 Å². The minimum Gasteiger partial charge on any atom is -0.478 e. The fourth-order valence-corrected chi connectivity index (χ4v) is 2.10. The normalized spacial score (nSPS) is 11.3. The van der Waals surface area contributed by atoms with Crippen LogP contribution in [-0.4, -0.2) is 16.1 Å². The second-order valence-electron chi connectivity index (χ2n) is 4.93. The van der Waals surface area contributed by atoms with Crippen LogP contribution in [0.15, 0.2) is 42.7 Å². The summed E-state index contributed by atoms with van der Waals surface area (Å²) in [6, 6.07) is 8.39. The molecule has 6 heteroatoms. The Labute approximate surface area is 128 Å². The number of nitrogens with two attached hydrogens (primary N) is 2. The van der Waals surface area contributed by atoms with E-state index in [0.717, 1.165) is 16.8 Å². The monoisotopic (exact) mass is 298 g/mol.